The Morgan fingerprint density at radius 1 is 1.08 bits per heavy atom. The highest BCUT2D eigenvalue weighted by molar-refractivity contribution is 5.93. The van der Waals surface area contributed by atoms with E-state index in [0.29, 0.717) is 33.9 Å². The molecule has 2 aromatic carbocycles. The number of nitrogens with one attached hydrogen (secondary N) is 1. The Morgan fingerprint density at radius 3 is 2.54 bits per heavy atom. The van der Waals surface area contributed by atoms with E-state index in [9.17, 15) is 10.1 Å². The van der Waals surface area contributed by atoms with Crippen LogP contribution in [0, 0.1) is 10.1 Å². The van der Waals surface area contributed by atoms with Crippen molar-refractivity contribution in [2.45, 2.75) is 0 Å². The van der Waals surface area contributed by atoms with Crippen LogP contribution in [0.5, 0.6) is 11.5 Å². The lowest BCUT2D eigenvalue weighted by Gasteiger charge is -2.12. The van der Waals surface area contributed by atoms with E-state index < -0.39 is 4.92 Å². The third-order valence-electron chi connectivity index (χ3n) is 3.46. The van der Waals surface area contributed by atoms with Crippen LogP contribution >= 0.6 is 0 Å². The van der Waals surface area contributed by atoms with E-state index in [1.165, 1.54) is 18.5 Å². The smallest absolute Gasteiger partial charge is 0.271 e. The largest absolute Gasteiger partial charge is 0.493 e. The fourth-order valence-corrected chi connectivity index (χ4v) is 2.32. The van der Waals surface area contributed by atoms with Crippen LogP contribution in [0.1, 0.15) is 0 Å². The number of ether oxygens (including phenoxy) is 2. The third kappa shape index (κ3) is 2.89. The molecule has 24 heavy (non-hydrogen) atoms. The minimum Gasteiger partial charge on any atom is -0.493 e. The second-order valence-corrected chi connectivity index (χ2v) is 4.88. The van der Waals surface area contributed by atoms with Crippen molar-refractivity contribution in [2.75, 3.05) is 19.5 Å². The quantitative estimate of drug-likeness (QED) is 0.567. The molecule has 0 amide bonds. The number of nitro groups is 1. The molecule has 3 aromatic rings. The Morgan fingerprint density at radius 2 is 1.83 bits per heavy atom. The van der Waals surface area contributed by atoms with E-state index in [1.807, 2.05) is 0 Å². The third-order valence-corrected chi connectivity index (χ3v) is 3.46. The van der Waals surface area contributed by atoms with E-state index in [-0.39, 0.29) is 5.69 Å². The number of non-ortho nitro benzene ring substituents is 1. The fourth-order valence-electron chi connectivity index (χ4n) is 2.32. The molecule has 0 atom stereocenters. The zero-order valence-corrected chi connectivity index (χ0v) is 13.0. The molecule has 1 aromatic heterocycles. The van der Waals surface area contributed by atoms with Crippen molar-refractivity contribution in [1.29, 1.82) is 0 Å². The number of hydrogen-bond acceptors (Lipinski definition) is 7. The number of rotatable bonds is 5. The Bertz CT molecular complexity index is 914. The molecule has 3 rings (SSSR count). The predicted molar refractivity (Wildman–Crippen MR) is 89.0 cm³/mol. The molecule has 0 aliphatic rings. The summed E-state index contributed by atoms with van der Waals surface area (Å²) < 4.78 is 10.6. The molecule has 0 aliphatic carbocycles. The summed E-state index contributed by atoms with van der Waals surface area (Å²) in [4.78, 5) is 18.9. The first-order chi connectivity index (χ1) is 11.6. The highest BCUT2D eigenvalue weighted by Crippen LogP contribution is 2.34. The summed E-state index contributed by atoms with van der Waals surface area (Å²) in [5.74, 6) is 1.62. The van der Waals surface area contributed by atoms with Gasteiger partial charge >= 0.3 is 0 Å². The standard InChI is InChI=1S/C16H14N4O4/c1-23-14-7-12-13(8-15(14)24-2)17-9-18-16(12)19-10-4-3-5-11(6-10)20(21)22/h3-9H,1-2H3,(H,17,18,19). The summed E-state index contributed by atoms with van der Waals surface area (Å²) >= 11 is 0. The molecule has 1 heterocycles. The maximum atomic E-state index is 10.9. The number of benzene rings is 2. The second kappa shape index (κ2) is 6.37. The summed E-state index contributed by atoms with van der Waals surface area (Å²) in [7, 11) is 3.09. The van der Waals surface area contributed by atoms with Gasteiger partial charge in [0, 0.05) is 29.3 Å². The first-order valence-electron chi connectivity index (χ1n) is 7.00. The minimum absolute atomic E-state index is 0.00221. The molecule has 0 aliphatic heterocycles. The van der Waals surface area contributed by atoms with Gasteiger partial charge in [-0.2, -0.15) is 0 Å². The zero-order valence-electron chi connectivity index (χ0n) is 13.0. The van der Waals surface area contributed by atoms with E-state index in [0.717, 1.165) is 0 Å². The van der Waals surface area contributed by atoms with E-state index in [4.69, 9.17) is 9.47 Å². The highest BCUT2D eigenvalue weighted by atomic mass is 16.6. The maximum absolute atomic E-state index is 10.9. The van der Waals surface area contributed by atoms with Gasteiger partial charge in [-0.15, -0.1) is 0 Å². The minimum atomic E-state index is -0.447. The number of methoxy groups -OCH3 is 2. The Hall–Kier alpha value is -3.42. The van der Waals surface area contributed by atoms with Crippen LogP contribution in [0.2, 0.25) is 0 Å². The SMILES string of the molecule is COc1cc2ncnc(Nc3cccc([N+](=O)[O-])c3)c2cc1OC. The first kappa shape index (κ1) is 15.5. The molecule has 8 heteroatoms. The molecule has 0 spiro atoms. The Kier molecular flexibility index (Phi) is 4.11. The van der Waals surface area contributed by atoms with Gasteiger partial charge in [-0.1, -0.05) is 6.07 Å². The van der Waals surface area contributed by atoms with Crippen LogP contribution in [0.3, 0.4) is 0 Å². The van der Waals surface area contributed by atoms with Gasteiger partial charge in [0.25, 0.3) is 5.69 Å². The summed E-state index contributed by atoms with van der Waals surface area (Å²) in [6, 6.07) is 9.70. The van der Waals surface area contributed by atoms with Gasteiger partial charge in [-0.25, -0.2) is 9.97 Å². The lowest BCUT2D eigenvalue weighted by molar-refractivity contribution is -0.384. The number of hydrogen-bond donors (Lipinski definition) is 1. The average molecular weight is 326 g/mol. The van der Waals surface area contributed by atoms with Gasteiger partial charge in [-0.3, -0.25) is 10.1 Å². The van der Waals surface area contributed by atoms with Crippen molar-refractivity contribution in [3.8, 4) is 11.5 Å². The summed E-state index contributed by atoms with van der Waals surface area (Å²) in [5.41, 5.74) is 1.21. The van der Waals surface area contributed by atoms with Crippen molar-refractivity contribution in [1.82, 2.24) is 9.97 Å². The van der Waals surface area contributed by atoms with Crippen LogP contribution in [0.25, 0.3) is 10.9 Å². The first-order valence-corrected chi connectivity index (χ1v) is 7.00. The van der Waals surface area contributed by atoms with Crippen LogP contribution in [0.15, 0.2) is 42.7 Å². The highest BCUT2D eigenvalue weighted by Gasteiger charge is 2.12. The number of nitrogens with zero attached hydrogens (tertiary/aromatic N) is 3. The van der Waals surface area contributed by atoms with Crippen LogP contribution in [-0.2, 0) is 0 Å². The normalized spacial score (nSPS) is 10.4. The van der Waals surface area contributed by atoms with E-state index in [2.05, 4.69) is 15.3 Å². The molecule has 0 unspecified atom stereocenters. The number of anilines is 2. The molecular formula is C16H14N4O4. The second-order valence-electron chi connectivity index (χ2n) is 4.88. The number of aromatic nitrogens is 2. The molecule has 122 valence electrons. The van der Waals surface area contributed by atoms with Crippen molar-refractivity contribution in [3.05, 3.63) is 52.8 Å². The molecule has 0 radical (unpaired) electrons. The number of nitro benzene ring substituents is 1. The van der Waals surface area contributed by atoms with E-state index >= 15 is 0 Å². The topological polar surface area (TPSA) is 99.4 Å². The molecule has 0 bridgehead atoms. The fraction of sp³-hybridized carbons (Fsp3) is 0.125. The van der Waals surface area contributed by atoms with Crippen molar-refractivity contribution >= 4 is 28.1 Å². The zero-order chi connectivity index (χ0) is 17.1. The van der Waals surface area contributed by atoms with Crippen LogP contribution < -0.4 is 14.8 Å². The predicted octanol–water partition coefficient (Wildman–Crippen LogP) is 3.30. The molecule has 0 fully saturated rings. The Balaban J connectivity index is 2.06. The summed E-state index contributed by atoms with van der Waals surface area (Å²) in [6.07, 6.45) is 1.41. The van der Waals surface area contributed by atoms with Gasteiger partial charge < -0.3 is 14.8 Å². The Labute approximate surface area is 137 Å². The summed E-state index contributed by atoms with van der Waals surface area (Å²) in [5, 5.41) is 14.7. The lowest BCUT2D eigenvalue weighted by Crippen LogP contribution is -1.98. The van der Waals surface area contributed by atoms with E-state index in [1.54, 1.807) is 38.5 Å². The molecule has 0 saturated carbocycles. The van der Waals surface area contributed by atoms with Gasteiger partial charge in [-0.05, 0) is 12.1 Å². The molecular weight excluding hydrogens is 312 g/mol. The van der Waals surface area contributed by atoms with Crippen LogP contribution in [-0.4, -0.2) is 29.1 Å². The van der Waals surface area contributed by atoms with Crippen LogP contribution in [0.4, 0.5) is 17.2 Å². The van der Waals surface area contributed by atoms with Gasteiger partial charge in [0.2, 0.25) is 0 Å². The summed E-state index contributed by atoms with van der Waals surface area (Å²) in [6.45, 7) is 0. The van der Waals surface area contributed by atoms with Crippen molar-refractivity contribution < 1.29 is 14.4 Å². The van der Waals surface area contributed by atoms with Gasteiger partial charge in [0.15, 0.2) is 11.5 Å². The lowest BCUT2D eigenvalue weighted by atomic mass is 10.2. The monoisotopic (exact) mass is 326 g/mol. The number of fused-ring (bicyclic) bond motifs is 1. The maximum Gasteiger partial charge on any atom is 0.271 e. The average Bonchev–Trinajstić information content (AvgIpc) is 2.61. The molecule has 1 N–H and O–H groups in total. The van der Waals surface area contributed by atoms with Crippen molar-refractivity contribution in [3.63, 3.8) is 0 Å². The molecule has 8 nitrogen and oxygen atoms in total. The molecule has 0 saturated heterocycles. The van der Waals surface area contributed by atoms with Gasteiger partial charge in [0.1, 0.15) is 12.1 Å². The van der Waals surface area contributed by atoms with Gasteiger partial charge in [0.05, 0.1) is 24.7 Å². The van der Waals surface area contributed by atoms with Crippen molar-refractivity contribution in [2.24, 2.45) is 0 Å².